The van der Waals surface area contributed by atoms with Gasteiger partial charge in [0.15, 0.2) is 5.84 Å². The van der Waals surface area contributed by atoms with Crippen LogP contribution in [0.15, 0.2) is 29.6 Å². The highest BCUT2D eigenvalue weighted by molar-refractivity contribution is 5.95. The van der Waals surface area contributed by atoms with Crippen LogP contribution in [-0.2, 0) is 6.54 Å². The predicted octanol–water partition coefficient (Wildman–Crippen LogP) is 1.04. The molecule has 0 bridgehead atoms. The molecule has 0 saturated carbocycles. The van der Waals surface area contributed by atoms with Crippen molar-refractivity contribution in [3.05, 3.63) is 47.0 Å². The molecule has 2 rings (SSSR count). The Labute approximate surface area is 105 Å². The van der Waals surface area contributed by atoms with Crippen molar-refractivity contribution in [1.82, 2.24) is 14.8 Å². The van der Waals surface area contributed by atoms with Gasteiger partial charge < -0.3 is 10.9 Å². The van der Waals surface area contributed by atoms with E-state index in [1.165, 1.54) is 0 Å². The molecule has 6 heteroatoms. The van der Waals surface area contributed by atoms with Gasteiger partial charge in [-0.3, -0.25) is 9.67 Å². The number of aryl methyl sites for hydroxylation is 2. The summed E-state index contributed by atoms with van der Waals surface area (Å²) >= 11 is 0. The van der Waals surface area contributed by atoms with Crippen molar-refractivity contribution >= 4 is 5.84 Å². The molecule has 0 aliphatic carbocycles. The molecule has 0 spiro atoms. The van der Waals surface area contributed by atoms with Crippen molar-refractivity contribution in [1.29, 1.82) is 0 Å². The van der Waals surface area contributed by atoms with Crippen LogP contribution in [-0.4, -0.2) is 25.8 Å². The smallest absolute Gasteiger partial charge is 0.188 e. The summed E-state index contributed by atoms with van der Waals surface area (Å²) in [5, 5.41) is 15.9. The average Bonchev–Trinajstić information content (AvgIpc) is 2.67. The summed E-state index contributed by atoms with van der Waals surface area (Å²) in [6.45, 7) is 4.59. The van der Waals surface area contributed by atoms with Crippen LogP contribution in [0.4, 0.5) is 0 Å². The Morgan fingerprint density at radius 2 is 2.22 bits per heavy atom. The second-order valence-corrected chi connectivity index (χ2v) is 4.12. The number of nitrogens with two attached hydrogens (primary N) is 1. The van der Waals surface area contributed by atoms with Gasteiger partial charge in [-0.05, 0) is 37.6 Å². The molecule has 2 aromatic rings. The highest BCUT2D eigenvalue weighted by atomic mass is 16.4. The average molecular weight is 245 g/mol. The standard InChI is InChI=1S/C12H15N5O/c1-8-5-9(2)17(15-8)7-10-3-4-14-11(6-10)12(13)16-18/h3-6,18H,7H2,1-2H3,(H2,13,16). The maximum absolute atomic E-state index is 8.62. The normalized spacial score (nSPS) is 11.8. The third kappa shape index (κ3) is 2.48. The first kappa shape index (κ1) is 12.1. The number of aromatic nitrogens is 3. The summed E-state index contributed by atoms with van der Waals surface area (Å²) in [4.78, 5) is 4.03. The summed E-state index contributed by atoms with van der Waals surface area (Å²) in [5.41, 5.74) is 9.04. The van der Waals surface area contributed by atoms with E-state index in [-0.39, 0.29) is 5.84 Å². The van der Waals surface area contributed by atoms with Crippen molar-refractivity contribution in [2.45, 2.75) is 20.4 Å². The van der Waals surface area contributed by atoms with E-state index in [4.69, 9.17) is 10.9 Å². The van der Waals surface area contributed by atoms with Gasteiger partial charge in [-0.2, -0.15) is 5.10 Å². The summed E-state index contributed by atoms with van der Waals surface area (Å²) in [5.74, 6) is 0.00483. The molecule has 0 radical (unpaired) electrons. The molecule has 94 valence electrons. The molecule has 0 aliphatic rings. The first-order valence-electron chi connectivity index (χ1n) is 5.54. The number of nitrogens with zero attached hydrogens (tertiary/aromatic N) is 4. The first-order valence-corrected chi connectivity index (χ1v) is 5.54. The van der Waals surface area contributed by atoms with Gasteiger partial charge in [0, 0.05) is 11.9 Å². The van der Waals surface area contributed by atoms with E-state index < -0.39 is 0 Å². The monoisotopic (exact) mass is 245 g/mol. The van der Waals surface area contributed by atoms with Crippen LogP contribution in [0.25, 0.3) is 0 Å². The fourth-order valence-electron chi connectivity index (χ4n) is 1.77. The van der Waals surface area contributed by atoms with E-state index in [0.717, 1.165) is 17.0 Å². The van der Waals surface area contributed by atoms with Crippen LogP contribution >= 0.6 is 0 Å². The molecule has 3 N–H and O–H groups in total. The number of pyridine rings is 1. The quantitative estimate of drug-likeness (QED) is 0.366. The minimum atomic E-state index is 0.00483. The number of hydrogen-bond acceptors (Lipinski definition) is 4. The molecule has 0 atom stereocenters. The van der Waals surface area contributed by atoms with Crippen molar-refractivity contribution in [2.75, 3.05) is 0 Å². The second kappa shape index (κ2) is 4.87. The molecule has 0 amide bonds. The molecule has 0 aromatic carbocycles. The Kier molecular flexibility index (Phi) is 3.27. The maximum atomic E-state index is 8.62. The van der Waals surface area contributed by atoms with Gasteiger partial charge in [0.05, 0.1) is 12.2 Å². The van der Waals surface area contributed by atoms with E-state index in [1.54, 1.807) is 12.3 Å². The molecule has 6 nitrogen and oxygen atoms in total. The highest BCUT2D eigenvalue weighted by Gasteiger charge is 2.05. The van der Waals surface area contributed by atoms with E-state index in [9.17, 15) is 0 Å². The molecule has 2 aromatic heterocycles. The van der Waals surface area contributed by atoms with E-state index >= 15 is 0 Å². The Morgan fingerprint density at radius 1 is 1.44 bits per heavy atom. The Hall–Kier alpha value is -2.37. The zero-order valence-electron chi connectivity index (χ0n) is 10.3. The molecule has 0 unspecified atom stereocenters. The molecule has 0 aliphatic heterocycles. The van der Waals surface area contributed by atoms with Gasteiger partial charge >= 0.3 is 0 Å². The molecular weight excluding hydrogens is 230 g/mol. The fourth-order valence-corrected chi connectivity index (χ4v) is 1.77. The summed E-state index contributed by atoms with van der Waals surface area (Å²) in [7, 11) is 0. The largest absolute Gasteiger partial charge is 0.409 e. The van der Waals surface area contributed by atoms with E-state index in [2.05, 4.69) is 15.2 Å². The summed E-state index contributed by atoms with van der Waals surface area (Å²) < 4.78 is 1.90. The zero-order chi connectivity index (χ0) is 13.1. The topological polar surface area (TPSA) is 89.3 Å². The Balaban J connectivity index is 2.27. The summed E-state index contributed by atoms with van der Waals surface area (Å²) in [6, 6.07) is 5.68. The molecule has 0 saturated heterocycles. The van der Waals surface area contributed by atoms with Gasteiger partial charge in [-0.1, -0.05) is 5.16 Å². The lowest BCUT2D eigenvalue weighted by atomic mass is 10.2. The zero-order valence-corrected chi connectivity index (χ0v) is 10.3. The lowest BCUT2D eigenvalue weighted by Crippen LogP contribution is -2.15. The minimum Gasteiger partial charge on any atom is -0.409 e. The summed E-state index contributed by atoms with van der Waals surface area (Å²) in [6.07, 6.45) is 1.63. The van der Waals surface area contributed by atoms with Crippen LogP contribution in [0.1, 0.15) is 22.6 Å². The lowest BCUT2D eigenvalue weighted by Gasteiger charge is -2.06. The van der Waals surface area contributed by atoms with Crippen LogP contribution in [0.3, 0.4) is 0 Å². The van der Waals surface area contributed by atoms with Gasteiger partial charge in [-0.25, -0.2) is 0 Å². The van der Waals surface area contributed by atoms with E-state index in [1.807, 2.05) is 30.7 Å². The van der Waals surface area contributed by atoms with Crippen LogP contribution in [0.2, 0.25) is 0 Å². The van der Waals surface area contributed by atoms with Gasteiger partial charge in [0.2, 0.25) is 0 Å². The van der Waals surface area contributed by atoms with Crippen LogP contribution < -0.4 is 5.73 Å². The van der Waals surface area contributed by atoms with Crippen LogP contribution in [0.5, 0.6) is 0 Å². The molecule has 18 heavy (non-hydrogen) atoms. The van der Waals surface area contributed by atoms with Gasteiger partial charge in [0.1, 0.15) is 5.69 Å². The van der Waals surface area contributed by atoms with Crippen molar-refractivity contribution in [2.24, 2.45) is 10.9 Å². The third-order valence-electron chi connectivity index (χ3n) is 2.63. The number of rotatable bonds is 3. The van der Waals surface area contributed by atoms with Crippen LogP contribution in [0, 0.1) is 13.8 Å². The van der Waals surface area contributed by atoms with Crippen molar-refractivity contribution in [3.63, 3.8) is 0 Å². The number of amidine groups is 1. The lowest BCUT2D eigenvalue weighted by molar-refractivity contribution is 0.318. The van der Waals surface area contributed by atoms with Crippen molar-refractivity contribution in [3.8, 4) is 0 Å². The van der Waals surface area contributed by atoms with Gasteiger partial charge in [0.25, 0.3) is 0 Å². The first-order chi connectivity index (χ1) is 8.60. The maximum Gasteiger partial charge on any atom is 0.188 e. The molecular formula is C12H15N5O. The number of hydrogen-bond donors (Lipinski definition) is 2. The molecule has 0 fully saturated rings. The second-order valence-electron chi connectivity index (χ2n) is 4.12. The van der Waals surface area contributed by atoms with Gasteiger partial charge in [-0.15, -0.1) is 0 Å². The third-order valence-corrected chi connectivity index (χ3v) is 2.63. The number of oxime groups is 1. The Morgan fingerprint density at radius 3 is 2.83 bits per heavy atom. The van der Waals surface area contributed by atoms with E-state index in [0.29, 0.717) is 12.2 Å². The molecule has 2 heterocycles. The SMILES string of the molecule is Cc1cc(C)n(Cc2ccnc(C(N)=NO)c2)n1. The van der Waals surface area contributed by atoms with Crippen molar-refractivity contribution < 1.29 is 5.21 Å². The Bertz CT molecular complexity index is 588. The minimum absolute atomic E-state index is 0.00483. The fraction of sp³-hybridized carbons (Fsp3) is 0.250. The predicted molar refractivity (Wildman–Crippen MR) is 67.6 cm³/mol. The highest BCUT2D eigenvalue weighted by Crippen LogP contribution is 2.08.